The van der Waals surface area contributed by atoms with Crippen LogP contribution >= 0.6 is 0 Å². The average Bonchev–Trinajstić information content (AvgIpc) is 3.97. The molecule has 17 unspecified atom stereocenters. The normalized spacial score (nSPS) is 46.0. The first-order valence-electron chi connectivity index (χ1n) is 23.4. The van der Waals surface area contributed by atoms with Crippen LogP contribution in [0.4, 0.5) is 0 Å². The maximum Gasteiger partial charge on any atom is 0.123 e. The fourth-order valence-corrected chi connectivity index (χ4v) is 14.4. The van der Waals surface area contributed by atoms with Crippen molar-refractivity contribution in [2.45, 2.75) is 171 Å². The molecule has 2 aromatic rings. The quantitative estimate of drug-likeness (QED) is 0.191. The molecule has 0 aromatic heterocycles. The minimum Gasteiger partial charge on any atom is -0.490 e. The lowest BCUT2D eigenvalue weighted by Gasteiger charge is -2.40. The molecule has 5 saturated heterocycles. The van der Waals surface area contributed by atoms with Crippen LogP contribution in [0, 0.1) is 47.3 Å². The van der Waals surface area contributed by atoms with E-state index in [-0.39, 0.29) is 30.0 Å². The molecular weight excluding hydrogens is 693 g/mol. The van der Waals surface area contributed by atoms with Gasteiger partial charge in [-0.3, -0.25) is 42.5 Å². The molecule has 17 atom stereocenters. The molecule has 304 valence electrons. The Morgan fingerprint density at radius 2 is 0.786 bits per heavy atom. The third-order valence-electron chi connectivity index (χ3n) is 17.2. The van der Waals surface area contributed by atoms with Crippen LogP contribution in [-0.4, -0.2) is 55.4 Å². The molecule has 9 fully saturated rings. The Kier molecular flexibility index (Phi) is 10.0. The van der Waals surface area contributed by atoms with E-state index in [1.807, 2.05) is 0 Å². The minimum absolute atomic E-state index is 0.134. The van der Waals surface area contributed by atoms with E-state index in [1.54, 1.807) is 0 Å². The van der Waals surface area contributed by atoms with Crippen LogP contribution in [0.15, 0.2) is 54.6 Å². The van der Waals surface area contributed by atoms with Crippen molar-refractivity contribution >= 4 is 0 Å². The van der Waals surface area contributed by atoms with Gasteiger partial charge in [0.05, 0.1) is 49.3 Å². The molecule has 11 rings (SSSR count). The molecular formula is C47H70N8O. The average molecular weight is 763 g/mol. The molecule has 0 radical (unpaired) electrons. The van der Waals surface area contributed by atoms with Crippen LogP contribution in [0.5, 0.6) is 5.75 Å². The number of hydrogen-bond donors (Lipinski definition) is 8. The summed E-state index contributed by atoms with van der Waals surface area (Å²) in [7, 11) is 0. The van der Waals surface area contributed by atoms with Crippen LogP contribution < -0.4 is 47.3 Å². The van der Waals surface area contributed by atoms with E-state index in [0.29, 0.717) is 78.2 Å². The summed E-state index contributed by atoms with van der Waals surface area (Å²) in [6.07, 6.45) is 22.2. The van der Waals surface area contributed by atoms with E-state index in [2.05, 4.69) is 111 Å². The molecule has 0 spiro atoms. The van der Waals surface area contributed by atoms with E-state index in [1.165, 1.54) is 101 Å². The number of nitrogens with one attached hydrogen (secondary N) is 8. The van der Waals surface area contributed by atoms with E-state index in [0.717, 1.165) is 12.2 Å². The highest BCUT2D eigenvalue weighted by Gasteiger charge is 2.56. The van der Waals surface area contributed by atoms with Gasteiger partial charge in [0.15, 0.2) is 0 Å². The fraction of sp³-hybridized carbons (Fsp3) is 0.745. The summed E-state index contributed by atoms with van der Waals surface area (Å²) in [5.41, 5.74) is 2.43. The second kappa shape index (κ2) is 15.2. The summed E-state index contributed by atoms with van der Waals surface area (Å²) in [4.78, 5) is 0. The Hall–Kier alpha value is -2.08. The number of benzene rings is 2. The van der Waals surface area contributed by atoms with Crippen LogP contribution in [0.3, 0.4) is 0 Å². The molecule has 5 aliphatic heterocycles. The number of para-hydroxylation sites is 1. The minimum atomic E-state index is -0.168. The van der Waals surface area contributed by atoms with Gasteiger partial charge in [0.25, 0.3) is 0 Å². The monoisotopic (exact) mass is 763 g/mol. The molecule has 9 heteroatoms. The zero-order valence-corrected chi connectivity index (χ0v) is 34.0. The summed E-state index contributed by atoms with van der Waals surface area (Å²) >= 11 is 0. The zero-order chi connectivity index (χ0) is 37.4. The SMILES string of the molecule is CC(C)(c1ccccc1)c1ccccc1OC1CCCC2C3NC4NC(NC5NC(NC6NC(NC(N3)C12)C1CCCCC61)C1CCCCC51)C1CCCCC41. The molecule has 2 aromatic carbocycles. The standard InChI is InChI=1S/C47H70N8O/c1-47(2,27-15-4-3-5-16-27)35-24-12-13-25-36(35)56-37-26-14-23-34-38(37)46-54-44-33-22-11-10-21-32(33)42(52-44)50-40-29-18-7-6-17-28(29)39(48-40)49-41-30-19-8-9-20-31(30)43(51-41)53-45(34)55-46/h3-5,12-13,15-16,24-25,28-34,37-46,48-55H,6-11,14,17-23,26H2,1-2H3. The summed E-state index contributed by atoms with van der Waals surface area (Å²) in [6.45, 7) is 4.71. The van der Waals surface area contributed by atoms with Gasteiger partial charge in [0.1, 0.15) is 11.9 Å². The summed E-state index contributed by atoms with van der Waals surface area (Å²) in [5.74, 6) is 5.92. The van der Waals surface area contributed by atoms with Crippen LogP contribution in [0.1, 0.15) is 121 Å². The molecule has 8 bridgehead atoms. The lowest BCUT2D eigenvalue weighted by Crippen LogP contribution is -2.62. The van der Waals surface area contributed by atoms with Crippen molar-refractivity contribution in [2.75, 3.05) is 0 Å². The molecule has 4 saturated carbocycles. The van der Waals surface area contributed by atoms with E-state index in [9.17, 15) is 0 Å². The van der Waals surface area contributed by atoms with Gasteiger partial charge in [-0.05, 0) is 111 Å². The number of hydrogen-bond acceptors (Lipinski definition) is 9. The van der Waals surface area contributed by atoms with Crippen molar-refractivity contribution in [3.63, 3.8) is 0 Å². The van der Waals surface area contributed by atoms with Gasteiger partial charge in [-0.1, -0.05) is 101 Å². The van der Waals surface area contributed by atoms with Crippen LogP contribution in [0.25, 0.3) is 0 Å². The molecule has 5 heterocycles. The van der Waals surface area contributed by atoms with Gasteiger partial charge in [0, 0.05) is 16.9 Å². The number of fused-ring (bicyclic) bond motifs is 20. The Labute approximate surface area is 336 Å². The van der Waals surface area contributed by atoms with E-state index >= 15 is 0 Å². The Bertz CT molecular complexity index is 1670. The second-order valence-corrected chi connectivity index (χ2v) is 20.3. The Morgan fingerprint density at radius 1 is 0.411 bits per heavy atom. The third-order valence-corrected chi connectivity index (χ3v) is 17.2. The molecule has 0 amide bonds. The first-order chi connectivity index (χ1) is 27.5. The highest BCUT2D eigenvalue weighted by Crippen LogP contribution is 2.47. The first-order valence-corrected chi connectivity index (χ1v) is 23.4. The van der Waals surface area contributed by atoms with Crippen molar-refractivity contribution in [2.24, 2.45) is 47.3 Å². The summed E-state index contributed by atoms with van der Waals surface area (Å²) in [5, 5.41) is 34.4. The van der Waals surface area contributed by atoms with Gasteiger partial charge >= 0.3 is 0 Å². The van der Waals surface area contributed by atoms with Gasteiger partial charge in [-0.15, -0.1) is 0 Å². The second-order valence-electron chi connectivity index (χ2n) is 20.3. The van der Waals surface area contributed by atoms with Gasteiger partial charge in [0.2, 0.25) is 0 Å². The summed E-state index contributed by atoms with van der Waals surface area (Å²) in [6, 6.07) is 19.9. The smallest absolute Gasteiger partial charge is 0.123 e. The predicted molar refractivity (Wildman–Crippen MR) is 222 cm³/mol. The van der Waals surface area contributed by atoms with E-state index in [4.69, 9.17) is 4.74 Å². The van der Waals surface area contributed by atoms with Gasteiger partial charge < -0.3 is 4.74 Å². The predicted octanol–water partition coefficient (Wildman–Crippen LogP) is 5.99. The highest BCUT2D eigenvalue weighted by atomic mass is 16.5. The van der Waals surface area contributed by atoms with Gasteiger partial charge in [-0.2, -0.15) is 0 Å². The zero-order valence-electron chi connectivity index (χ0n) is 34.0. The number of ether oxygens (including phenoxy) is 1. The third kappa shape index (κ3) is 6.50. The lowest BCUT2D eigenvalue weighted by atomic mass is 9.75. The summed E-state index contributed by atoms with van der Waals surface area (Å²) < 4.78 is 7.43. The van der Waals surface area contributed by atoms with Gasteiger partial charge in [-0.25, -0.2) is 0 Å². The van der Waals surface area contributed by atoms with E-state index < -0.39 is 0 Å². The molecule has 9 aliphatic rings. The largest absolute Gasteiger partial charge is 0.490 e. The molecule has 56 heavy (non-hydrogen) atoms. The number of rotatable bonds is 4. The first kappa shape index (κ1) is 37.0. The molecule has 9 nitrogen and oxygen atoms in total. The topological polar surface area (TPSA) is 105 Å². The Balaban J connectivity index is 0.932. The maximum absolute atomic E-state index is 7.43. The van der Waals surface area contributed by atoms with Crippen molar-refractivity contribution in [3.8, 4) is 5.75 Å². The molecule has 8 N–H and O–H groups in total. The maximum atomic E-state index is 7.43. The van der Waals surface area contributed by atoms with Crippen LogP contribution in [-0.2, 0) is 5.41 Å². The molecule has 4 aliphatic carbocycles. The Morgan fingerprint density at radius 3 is 1.25 bits per heavy atom. The lowest BCUT2D eigenvalue weighted by molar-refractivity contribution is 0.0413. The highest BCUT2D eigenvalue weighted by molar-refractivity contribution is 5.46. The van der Waals surface area contributed by atoms with Crippen molar-refractivity contribution < 1.29 is 4.74 Å². The van der Waals surface area contributed by atoms with Crippen molar-refractivity contribution in [3.05, 3.63) is 65.7 Å². The van der Waals surface area contributed by atoms with Crippen LogP contribution in [0.2, 0.25) is 0 Å². The van der Waals surface area contributed by atoms with Crippen molar-refractivity contribution in [1.29, 1.82) is 0 Å². The fourth-order valence-electron chi connectivity index (χ4n) is 14.4. The van der Waals surface area contributed by atoms with Crippen molar-refractivity contribution in [1.82, 2.24) is 42.5 Å².